The average Bonchev–Trinajstić information content (AvgIpc) is 3.24. The van der Waals surface area contributed by atoms with E-state index in [4.69, 9.17) is 4.74 Å². The number of aryl methyl sites for hydroxylation is 1. The Morgan fingerprint density at radius 3 is 2.54 bits per heavy atom. The van der Waals surface area contributed by atoms with Crippen LogP contribution in [0.5, 0.6) is 5.75 Å². The molecule has 0 unspecified atom stereocenters. The smallest absolute Gasteiger partial charge is 0.277 e. The standard InChI is InChI=1S/C26H21FN4O4/c1-16-13-17(6-8-22(16)30-11-4-3-5-24(30)33)29-12-10-19-21(15-32)28-31(25(19)26(29)34)18-7-9-23(35-2)20(27)14-18/h3-9,11,13-15H,10,12H2,1-2H3. The Labute approximate surface area is 199 Å². The Bertz CT molecular complexity index is 1540. The highest BCUT2D eigenvalue weighted by atomic mass is 19.1. The summed E-state index contributed by atoms with van der Waals surface area (Å²) >= 11 is 0. The lowest BCUT2D eigenvalue weighted by Gasteiger charge is -2.28. The zero-order chi connectivity index (χ0) is 24.7. The number of carbonyl (C=O) groups is 2. The van der Waals surface area contributed by atoms with Crippen molar-refractivity contribution in [1.29, 1.82) is 0 Å². The van der Waals surface area contributed by atoms with Crippen molar-refractivity contribution < 1.29 is 18.7 Å². The maximum absolute atomic E-state index is 14.4. The van der Waals surface area contributed by atoms with E-state index in [0.29, 0.717) is 41.9 Å². The molecule has 0 saturated heterocycles. The summed E-state index contributed by atoms with van der Waals surface area (Å²) in [6, 6.07) is 14.6. The molecule has 0 fully saturated rings. The van der Waals surface area contributed by atoms with Crippen LogP contribution in [0.15, 0.2) is 65.6 Å². The van der Waals surface area contributed by atoms with Gasteiger partial charge in [-0.25, -0.2) is 9.07 Å². The molecule has 0 aliphatic carbocycles. The molecule has 8 nitrogen and oxygen atoms in total. The van der Waals surface area contributed by atoms with Gasteiger partial charge in [-0.05, 0) is 55.3 Å². The molecular weight excluding hydrogens is 451 g/mol. The first-order valence-corrected chi connectivity index (χ1v) is 10.9. The summed E-state index contributed by atoms with van der Waals surface area (Å²) < 4.78 is 22.2. The fourth-order valence-electron chi connectivity index (χ4n) is 4.41. The first kappa shape index (κ1) is 22.3. The van der Waals surface area contributed by atoms with Gasteiger partial charge in [0.25, 0.3) is 11.5 Å². The molecule has 1 amide bonds. The number of aromatic nitrogens is 3. The molecule has 0 saturated carbocycles. The summed E-state index contributed by atoms with van der Waals surface area (Å²) in [6.07, 6.45) is 2.71. The van der Waals surface area contributed by atoms with Gasteiger partial charge in [-0.1, -0.05) is 6.07 Å². The van der Waals surface area contributed by atoms with E-state index in [1.165, 1.54) is 30.0 Å². The number of benzene rings is 2. The Morgan fingerprint density at radius 1 is 1.06 bits per heavy atom. The maximum Gasteiger partial charge on any atom is 0.277 e. The third kappa shape index (κ3) is 3.71. The van der Waals surface area contributed by atoms with Gasteiger partial charge in [0.1, 0.15) is 11.4 Å². The molecule has 3 heterocycles. The van der Waals surface area contributed by atoms with Gasteiger partial charge in [0.2, 0.25) is 0 Å². The summed E-state index contributed by atoms with van der Waals surface area (Å²) in [7, 11) is 1.36. The minimum atomic E-state index is -0.607. The van der Waals surface area contributed by atoms with E-state index in [1.54, 1.807) is 46.0 Å². The van der Waals surface area contributed by atoms with E-state index < -0.39 is 5.82 Å². The molecule has 0 atom stereocenters. The van der Waals surface area contributed by atoms with Crippen LogP contribution >= 0.6 is 0 Å². The van der Waals surface area contributed by atoms with Crippen LogP contribution in [-0.4, -0.2) is 40.2 Å². The Kier molecular flexibility index (Phi) is 5.52. The molecule has 5 rings (SSSR count). The number of hydrogen-bond donors (Lipinski definition) is 0. The van der Waals surface area contributed by atoms with Gasteiger partial charge in [-0.3, -0.25) is 19.0 Å². The average molecular weight is 472 g/mol. The molecule has 0 spiro atoms. The van der Waals surface area contributed by atoms with Gasteiger partial charge in [0.15, 0.2) is 17.9 Å². The Morgan fingerprint density at radius 2 is 1.86 bits per heavy atom. The van der Waals surface area contributed by atoms with Gasteiger partial charge in [0, 0.05) is 36.1 Å². The third-order valence-corrected chi connectivity index (χ3v) is 6.11. The van der Waals surface area contributed by atoms with Crippen molar-refractivity contribution in [2.45, 2.75) is 13.3 Å². The monoisotopic (exact) mass is 472 g/mol. The fraction of sp³-hybridized carbons (Fsp3) is 0.154. The van der Waals surface area contributed by atoms with E-state index in [9.17, 15) is 18.8 Å². The molecule has 2 aromatic carbocycles. The van der Waals surface area contributed by atoms with Crippen LogP contribution in [0.25, 0.3) is 11.4 Å². The first-order chi connectivity index (χ1) is 16.9. The third-order valence-electron chi connectivity index (χ3n) is 6.11. The molecule has 176 valence electrons. The second kappa shape index (κ2) is 8.68. The number of methoxy groups -OCH3 is 1. The highest BCUT2D eigenvalue weighted by Crippen LogP contribution is 2.30. The largest absolute Gasteiger partial charge is 0.494 e. The molecule has 35 heavy (non-hydrogen) atoms. The minimum Gasteiger partial charge on any atom is -0.494 e. The number of rotatable bonds is 5. The summed E-state index contributed by atoms with van der Waals surface area (Å²) in [4.78, 5) is 39.2. The topological polar surface area (TPSA) is 86.4 Å². The maximum atomic E-state index is 14.4. The van der Waals surface area contributed by atoms with E-state index in [0.717, 1.165) is 5.56 Å². The number of anilines is 1. The van der Waals surface area contributed by atoms with Gasteiger partial charge in [-0.2, -0.15) is 5.10 Å². The van der Waals surface area contributed by atoms with E-state index >= 15 is 0 Å². The van der Waals surface area contributed by atoms with E-state index in [1.807, 2.05) is 13.0 Å². The lowest BCUT2D eigenvalue weighted by atomic mass is 10.0. The molecule has 0 N–H and O–H groups in total. The van der Waals surface area contributed by atoms with Crippen molar-refractivity contribution in [2.75, 3.05) is 18.6 Å². The van der Waals surface area contributed by atoms with Crippen molar-refractivity contribution in [2.24, 2.45) is 0 Å². The number of hydrogen-bond acceptors (Lipinski definition) is 5. The normalized spacial score (nSPS) is 13.0. The highest BCUT2D eigenvalue weighted by Gasteiger charge is 2.33. The summed E-state index contributed by atoms with van der Waals surface area (Å²) in [5, 5.41) is 4.29. The summed E-state index contributed by atoms with van der Waals surface area (Å²) in [5.41, 5.74) is 3.22. The SMILES string of the molecule is COc1ccc(-n2nc(C=O)c3c2C(=O)N(c2ccc(-n4ccccc4=O)c(C)c2)CC3)cc1F. The number of ether oxygens (including phenoxy) is 1. The van der Waals surface area contributed by atoms with Crippen LogP contribution < -0.4 is 15.2 Å². The number of pyridine rings is 1. The van der Waals surface area contributed by atoms with Crippen molar-refractivity contribution in [3.63, 3.8) is 0 Å². The van der Waals surface area contributed by atoms with Crippen LogP contribution in [0.1, 0.15) is 32.1 Å². The van der Waals surface area contributed by atoms with Crippen LogP contribution in [0.4, 0.5) is 10.1 Å². The lowest BCUT2D eigenvalue weighted by Crippen LogP contribution is -2.39. The van der Waals surface area contributed by atoms with Crippen molar-refractivity contribution in [1.82, 2.24) is 14.3 Å². The van der Waals surface area contributed by atoms with Gasteiger partial charge in [0.05, 0.1) is 18.5 Å². The second-order valence-corrected chi connectivity index (χ2v) is 8.15. The first-order valence-electron chi connectivity index (χ1n) is 10.9. The zero-order valence-electron chi connectivity index (χ0n) is 19.1. The number of amides is 1. The molecule has 4 aromatic rings. The summed E-state index contributed by atoms with van der Waals surface area (Å²) in [5.74, 6) is -0.900. The number of nitrogens with zero attached hydrogens (tertiary/aromatic N) is 4. The zero-order valence-corrected chi connectivity index (χ0v) is 19.1. The van der Waals surface area contributed by atoms with Crippen molar-refractivity contribution >= 4 is 17.9 Å². The van der Waals surface area contributed by atoms with Gasteiger partial charge >= 0.3 is 0 Å². The van der Waals surface area contributed by atoms with Crippen molar-refractivity contribution in [3.05, 3.63) is 99.5 Å². The van der Waals surface area contributed by atoms with Crippen LogP contribution in [0, 0.1) is 12.7 Å². The number of fused-ring (bicyclic) bond motifs is 1. The number of carbonyl (C=O) groups excluding carboxylic acids is 2. The van der Waals surface area contributed by atoms with Crippen LogP contribution in [0.2, 0.25) is 0 Å². The van der Waals surface area contributed by atoms with Gasteiger partial charge in [-0.15, -0.1) is 0 Å². The lowest BCUT2D eigenvalue weighted by molar-refractivity contribution is 0.0973. The molecule has 0 bridgehead atoms. The Hall–Kier alpha value is -4.53. The van der Waals surface area contributed by atoms with Crippen molar-refractivity contribution in [3.8, 4) is 17.1 Å². The number of halogens is 1. The van der Waals surface area contributed by atoms with Crippen LogP contribution in [-0.2, 0) is 6.42 Å². The summed E-state index contributed by atoms with van der Waals surface area (Å²) in [6.45, 7) is 2.21. The molecule has 9 heteroatoms. The minimum absolute atomic E-state index is 0.0615. The predicted octanol–water partition coefficient (Wildman–Crippen LogP) is 3.49. The quantitative estimate of drug-likeness (QED) is 0.415. The predicted molar refractivity (Wildman–Crippen MR) is 128 cm³/mol. The molecular formula is C26H21FN4O4. The fourth-order valence-corrected chi connectivity index (χ4v) is 4.41. The Balaban J connectivity index is 1.56. The second-order valence-electron chi connectivity index (χ2n) is 8.15. The highest BCUT2D eigenvalue weighted by molar-refractivity contribution is 6.08. The molecule has 2 aromatic heterocycles. The molecule has 0 radical (unpaired) electrons. The van der Waals surface area contributed by atoms with Crippen LogP contribution in [0.3, 0.4) is 0 Å². The van der Waals surface area contributed by atoms with Gasteiger partial charge < -0.3 is 9.64 Å². The molecule has 1 aliphatic rings. The molecule has 1 aliphatic heterocycles. The van der Waals surface area contributed by atoms with E-state index in [-0.39, 0.29) is 28.6 Å². The number of aldehydes is 1. The van der Waals surface area contributed by atoms with E-state index in [2.05, 4.69) is 5.10 Å².